The first kappa shape index (κ1) is 11.5. The first-order chi connectivity index (χ1) is 7.75. The van der Waals surface area contributed by atoms with Gasteiger partial charge in [-0.05, 0) is 38.1 Å². The van der Waals surface area contributed by atoms with Gasteiger partial charge in [-0.1, -0.05) is 0 Å². The molecule has 90 valence electrons. The third-order valence-electron chi connectivity index (χ3n) is 3.34. The first-order valence-electron chi connectivity index (χ1n) is 5.97. The Balaban J connectivity index is 1.67. The Bertz CT molecular complexity index is 318. The molecule has 1 saturated carbocycles. The fourth-order valence-electron chi connectivity index (χ4n) is 2.20. The SMILES string of the molecule is Cn1cnnc1CNCC1CCC(O)CC1. The molecular formula is C11H20N4O. The van der Waals surface area contributed by atoms with E-state index >= 15 is 0 Å². The summed E-state index contributed by atoms with van der Waals surface area (Å²) in [6.45, 7) is 1.79. The molecule has 5 nitrogen and oxygen atoms in total. The Morgan fingerprint density at radius 2 is 2.19 bits per heavy atom. The summed E-state index contributed by atoms with van der Waals surface area (Å²) in [6.07, 6.45) is 5.83. The summed E-state index contributed by atoms with van der Waals surface area (Å²) >= 11 is 0. The molecule has 0 unspecified atom stereocenters. The maximum absolute atomic E-state index is 9.40. The van der Waals surface area contributed by atoms with Gasteiger partial charge in [-0.2, -0.15) is 0 Å². The van der Waals surface area contributed by atoms with Gasteiger partial charge in [0.2, 0.25) is 0 Å². The van der Waals surface area contributed by atoms with Gasteiger partial charge in [0.05, 0.1) is 12.6 Å². The molecule has 0 amide bonds. The number of aliphatic hydroxyl groups is 1. The summed E-state index contributed by atoms with van der Waals surface area (Å²) in [7, 11) is 1.95. The Morgan fingerprint density at radius 1 is 1.44 bits per heavy atom. The number of rotatable bonds is 4. The molecule has 1 aliphatic rings. The average Bonchev–Trinajstić information content (AvgIpc) is 2.68. The maximum Gasteiger partial charge on any atom is 0.146 e. The molecule has 0 bridgehead atoms. The third kappa shape index (κ3) is 3.02. The van der Waals surface area contributed by atoms with Gasteiger partial charge in [-0.15, -0.1) is 10.2 Å². The van der Waals surface area contributed by atoms with Gasteiger partial charge in [0, 0.05) is 7.05 Å². The molecule has 1 fully saturated rings. The van der Waals surface area contributed by atoms with Gasteiger partial charge >= 0.3 is 0 Å². The number of nitrogens with one attached hydrogen (secondary N) is 1. The molecule has 1 aromatic heterocycles. The zero-order valence-electron chi connectivity index (χ0n) is 9.76. The zero-order chi connectivity index (χ0) is 11.4. The van der Waals surface area contributed by atoms with E-state index in [2.05, 4.69) is 15.5 Å². The van der Waals surface area contributed by atoms with Crippen molar-refractivity contribution in [2.24, 2.45) is 13.0 Å². The minimum absolute atomic E-state index is 0.0602. The quantitative estimate of drug-likeness (QED) is 0.779. The predicted molar refractivity (Wildman–Crippen MR) is 60.7 cm³/mol. The Hall–Kier alpha value is -0.940. The Kier molecular flexibility index (Phi) is 3.90. The van der Waals surface area contributed by atoms with Crippen molar-refractivity contribution in [3.05, 3.63) is 12.2 Å². The van der Waals surface area contributed by atoms with Crippen LogP contribution in [-0.4, -0.2) is 32.5 Å². The van der Waals surface area contributed by atoms with E-state index in [4.69, 9.17) is 0 Å². The molecule has 2 rings (SSSR count). The molecule has 0 spiro atoms. The lowest BCUT2D eigenvalue weighted by molar-refractivity contribution is 0.108. The van der Waals surface area contributed by atoms with Crippen molar-refractivity contribution in [3.8, 4) is 0 Å². The van der Waals surface area contributed by atoms with Crippen LogP contribution in [0.2, 0.25) is 0 Å². The number of aliphatic hydroxyl groups excluding tert-OH is 1. The van der Waals surface area contributed by atoms with Crippen molar-refractivity contribution >= 4 is 0 Å². The highest BCUT2D eigenvalue weighted by Gasteiger charge is 2.18. The normalized spacial score (nSPS) is 25.9. The van der Waals surface area contributed by atoms with E-state index < -0.39 is 0 Å². The van der Waals surface area contributed by atoms with E-state index in [1.54, 1.807) is 6.33 Å². The van der Waals surface area contributed by atoms with Gasteiger partial charge in [0.1, 0.15) is 12.2 Å². The number of nitrogens with zero attached hydrogens (tertiary/aromatic N) is 3. The second-order valence-electron chi connectivity index (χ2n) is 4.66. The van der Waals surface area contributed by atoms with Crippen molar-refractivity contribution in [2.75, 3.05) is 6.54 Å². The lowest BCUT2D eigenvalue weighted by Gasteiger charge is -2.25. The van der Waals surface area contributed by atoms with Gasteiger partial charge in [-0.3, -0.25) is 0 Å². The zero-order valence-corrected chi connectivity index (χ0v) is 9.76. The summed E-state index contributed by atoms with van der Waals surface area (Å²) in [5.41, 5.74) is 0. The molecule has 16 heavy (non-hydrogen) atoms. The summed E-state index contributed by atoms with van der Waals surface area (Å²) in [5, 5.41) is 20.7. The summed E-state index contributed by atoms with van der Waals surface area (Å²) in [6, 6.07) is 0. The highest BCUT2D eigenvalue weighted by Crippen LogP contribution is 2.23. The van der Waals surface area contributed by atoms with Crippen molar-refractivity contribution in [2.45, 2.75) is 38.3 Å². The van der Waals surface area contributed by atoms with E-state index in [1.165, 1.54) is 0 Å². The molecule has 2 N–H and O–H groups in total. The monoisotopic (exact) mass is 224 g/mol. The number of aryl methyl sites for hydroxylation is 1. The van der Waals surface area contributed by atoms with Gasteiger partial charge in [0.25, 0.3) is 0 Å². The van der Waals surface area contributed by atoms with E-state index in [0.29, 0.717) is 5.92 Å². The van der Waals surface area contributed by atoms with E-state index in [0.717, 1.165) is 44.6 Å². The van der Waals surface area contributed by atoms with Crippen LogP contribution in [0.3, 0.4) is 0 Å². The van der Waals surface area contributed by atoms with Crippen LogP contribution in [0.15, 0.2) is 6.33 Å². The standard InChI is InChI=1S/C11H20N4O/c1-15-8-13-14-11(15)7-12-6-9-2-4-10(16)5-3-9/h8-10,12,16H,2-7H2,1H3. The summed E-state index contributed by atoms with van der Waals surface area (Å²) in [5.74, 6) is 1.67. The molecule has 0 saturated heterocycles. The van der Waals surface area contributed by atoms with Gasteiger partial charge in [-0.25, -0.2) is 0 Å². The lowest BCUT2D eigenvalue weighted by Crippen LogP contribution is -2.28. The fourth-order valence-corrected chi connectivity index (χ4v) is 2.20. The van der Waals surface area contributed by atoms with Crippen LogP contribution in [0.25, 0.3) is 0 Å². The van der Waals surface area contributed by atoms with Crippen molar-refractivity contribution < 1.29 is 5.11 Å². The summed E-state index contributed by atoms with van der Waals surface area (Å²) < 4.78 is 1.93. The van der Waals surface area contributed by atoms with Crippen molar-refractivity contribution in [3.63, 3.8) is 0 Å². The topological polar surface area (TPSA) is 63.0 Å². The first-order valence-corrected chi connectivity index (χ1v) is 5.97. The minimum atomic E-state index is -0.0602. The third-order valence-corrected chi connectivity index (χ3v) is 3.34. The van der Waals surface area contributed by atoms with Crippen molar-refractivity contribution in [1.29, 1.82) is 0 Å². The molecule has 1 aromatic rings. The van der Waals surface area contributed by atoms with Crippen LogP contribution in [0.4, 0.5) is 0 Å². The van der Waals surface area contributed by atoms with Crippen LogP contribution < -0.4 is 5.32 Å². The van der Waals surface area contributed by atoms with Crippen molar-refractivity contribution in [1.82, 2.24) is 20.1 Å². The van der Waals surface area contributed by atoms with E-state index in [-0.39, 0.29) is 6.10 Å². The van der Waals surface area contributed by atoms with Crippen LogP contribution in [-0.2, 0) is 13.6 Å². The number of hydrogen-bond donors (Lipinski definition) is 2. The molecule has 0 atom stereocenters. The molecule has 0 aromatic carbocycles. The minimum Gasteiger partial charge on any atom is -0.393 e. The molecule has 5 heteroatoms. The molecular weight excluding hydrogens is 204 g/mol. The summed E-state index contributed by atoms with van der Waals surface area (Å²) in [4.78, 5) is 0. The number of hydrogen-bond acceptors (Lipinski definition) is 4. The highest BCUT2D eigenvalue weighted by molar-refractivity contribution is 4.83. The van der Waals surface area contributed by atoms with Crippen LogP contribution in [0.5, 0.6) is 0 Å². The van der Waals surface area contributed by atoms with E-state index in [1.807, 2.05) is 11.6 Å². The van der Waals surface area contributed by atoms with Gasteiger partial charge < -0.3 is 15.0 Å². The molecule has 0 radical (unpaired) electrons. The average molecular weight is 224 g/mol. The molecule has 1 aliphatic carbocycles. The second kappa shape index (κ2) is 5.41. The van der Waals surface area contributed by atoms with E-state index in [9.17, 15) is 5.11 Å². The smallest absolute Gasteiger partial charge is 0.146 e. The lowest BCUT2D eigenvalue weighted by atomic mass is 9.87. The predicted octanol–water partition coefficient (Wildman–Crippen LogP) is 0.456. The second-order valence-corrected chi connectivity index (χ2v) is 4.66. The maximum atomic E-state index is 9.40. The Labute approximate surface area is 95.9 Å². The molecule has 0 aliphatic heterocycles. The highest BCUT2D eigenvalue weighted by atomic mass is 16.3. The molecule has 1 heterocycles. The van der Waals surface area contributed by atoms with Gasteiger partial charge in [0.15, 0.2) is 0 Å². The fraction of sp³-hybridized carbons (Fsp3) is 0.818. The number of aromatic nitrogens is 3. The van der Waals surface area contributed by atoms with Crippen LogP contribution >= 0.6 is 0 Å². The Morgan fingerprint density at radius 3 is 2.81 bits per heavy atom. The largest absolute Gasteiger partial charge is 0.393 e. The van der Waals surface area contributed by atoms with Crippen LogP contribution in [0.1, 0.15) is 31.5 Å². The van der Waals surface area contributed by atoms with Crippen LogP contribution in [0, 0.1) is 5.92 Å².